The van der Waals surface area contributed by atoms with Crippen LogP contribution in [0.15, 0.2) is 36.4 Å². The molecule has 0 spiro atoms. The largest absolute Gasteiger partial charge is 0.497 e. The first-order chi connectivity index (χ1) is 14.4. The molecule has 10 heteroatoms. The van der Waals surface area contributed by atoms with Crippen LogP contribution in [0.4, 0.5) is 11.4 Å². The molecule has 1 aliphatic rings. The fourth-order valence-corrected chi connectivity index (χ4v) is 3.98. The van der Waals surface area contributed by atoms with Crippen LogP contribution in [0.2, 0.25) is 0 Å². The van der Waals surface area contributed by atoms with Crippen molar-refractivity contribution < 1.29 is 32.2 Å². The van der Waals surface area contributed by atoms with Crippen LogP contribution in [0.25, 0.3) is 0 Å². The average Bonchev–Trinajstić information content (AvgIpc) is 2.77. The van der Waals surface area contributed by atoms with E-state index in [0.717, 1.165) is 4.31 Å². The molecule has 1 heterocycles. The summed E-state index contributed by atoms with van der Waals surface area (Å²) in [5, 5.41) is 2.69. The molecule has 3 rings (SSSR count). The number of sulfonamides is 1. The van der Waals surface area contributed by atoms with Crippen LogP contribution in [0.5, 0.6) is 23.0 Å². The van der Waals surface area contributed by atoms with Crippen molar-refractivity contribution in [1.82, 2.24) is 0 Å². The van der Waals surface area contributed by atoms with Gasteiger partial charge in [0.05, 0.1) is 31.3 Å². The van der Waals surface area contributed by atoms with Crippen molar-refractivity contribution in [2.75, 3.05) is 49.4 Å². The Morgan fingerprint density at radius 3 is 2.47 bits per heavy atom. The van der Waals surface area contributed by atoms with Crippen LogP contribution < -0.4 is 28.6 Å². The third kappa shape index (κ3) is 4.70. The van der Waals surface area contributed by atoms with E-state index in [2.05, 4.69) is 5.32 Å². The van der Waals surface area contributed by atoms with Crippen LogP contribution in [-0.4, -0.2) is 54.1 Å². The number of nitrogens with one attached hydrogen (secondary N) is 1. The molecular formula is C20H24N2O7S. The normalized spacial score (nSPS) is 12.8. The predicted octanol–water partition coefficient (Wildman–Crippen LogP) is 2.27. The van der Waals surface area contributed by atoms with Crippen LogP contribution in [0.3, 0.4) is 0 Å². The minimum absolute atomic E-state index is 0.166. The Bertz CT molecular complexity index is 1020. The lowest BCUT2D eigenvalue weighted by Gasteiger charge is -2.25. The summed E-state index contributed by atoms with van der Waals surface area (Å²) in [6.07, 6.45) is 0. The standard InChI is InChI=1S/C20H24N2O7S/c1-4-30(24,25)22(14-5-8-17-19(11-14)29-10-9-28-17)13-20(23)21-16-7-6-15(26-2)12-18(16)27-3/h5-8,11-12H,4,9-10,13H2,1-3H3,(H,21,23). The van der Waals surface area contributed by atoms with E-state index in [1.807, 2.05) is 0 Å². The van der Waals surface area contributed by atoms with Gasteiger partial charge in [0.1, 0.15) is 31.3 Å². The molecule has 0 aliphatic carbocycles. The fraction of sp³-hybridized carbons (Fsp3) is 0.350. The van der Waals surface area contributed by atoms with E-state index < -0.39 is 22.5 Å². The Kier molecular flexibility index (Phi) is 6.56. The van der Waals surface area contributed by atoms with E-state index in [4.69, 9.17) is 18.9 Å². The summed E-state index contributed by atoms with van der Waals surface area (Å²) < 4.78 is 47.9. The van der Waals surface area contributed by atoms with Gasteiger partial charge in [-0.05, 0) is 31.2 Å². The number of carbonyl (C=O) groups is 1. The molecule has 0 atom stereocenters. The molecule has 0 aromatic heterocycles. The fourth-order valence-electron chi connectivity index (χ4n) is 2.92. The monoisotopic (exact) mass is 436 g/mol. The number of benzene rings is 2. The minimum Gasteiger partial charge on any atom is -0.497 e. The number of fused-ring (bicyclic) bond motifs is 1. The maximum absolute atomic E-state index is 12.7. The van der Waals surface area contributed by atoms with Gasteiger partial charge >= 0.3 is 0 Å². The number of methoxy groups -OCH3 is 2. The first-order valence-electron chi connectivity index (χ1n) is 9.30. The van der Waals surface area contributed by atoms with Crippen LogP contribution in [-0.2, 0) is 14.8 Å². The predicted molar refractivity (Wildman–Crippen MR) is 112 cm³/mol. The lowest BCUT2D eigenvalue weighted by molar-refractivity contribution is -0.114. The number of carbonyl (C=O) groups excluding carboxylic acids is 1. The highest BCUT2D eigenvalue weighted by molar-refractivity contribution is 7.92. The lowest BCUT2D eigenvalue weighted by Crippen LogP contribution is -2.39. The van der Waals surface area contributed by atoms with Gasteiger partial charge in [0, 0.05) is 12.1 Å². The molecular weight excluding hydrogens is 412 g/mol. The van der Waals surface area contributed by atoms with Crippen molar-refractivity contribution in [2.24, 2.45) is 0 Å². The number of hydrogen-bond acceptors (Lipinski definition) is 7. The lowest BCUT2D eigenvalue weighted by atomic mass is 10.2. The number of hydrogen-bond donors (Lipinski definition) is 1. The van der Waals surface area contributed by atoms with Gasteiger partial charge in [0.25, 0.3) is 0 Å². The van der Waals surface area contributed by atoms with E-state index >= 15 is 0 Å². The highest BCUT2D eigenvalue weighted by atomic mass is 32.2. The first kappa shape index (κ1) is 21.6. The Morgan fingerprint density at radius 2 is 1.80 bits per heavy atom. The second-order valence-electron chi connectivity index (χ2n) is 6.35. The number of ether oxygens (including phenoxy) is 4. The summed E-state index contributed by atoms with van der Waals surface area (Å²) in [7, 11) is -0.741. The molecule has 0 saturated heterocycles. The molecule has 0 radical (unpaired) electrons. The summed E-state index contributed by atoms with van der Waals surface area (Å²) in [5.74, 6) is 1.24. The number of nitrogens with zero attached hydrogens (tertiary/aromatic N) is 1. The van der Waals surface area contributed by atoms with Crippen LogP contribution >= 0.6 is 0 Å². The van der Waals surface area contributed by atoms with Crippen molar-refractivity contribution in [1.29, 1.82) is 0 Å². The highest BCUT2D eigenvalue weighted by Gasteiger charge is 2.26. The maximum Gasteiger partial charge on any atom is 0.245 e. The molecule has 0 unspecified atom stereocenters. The molecule has 9 nitrogen and oxygen atoms in total. The van der Waals surface area contributed by atoms with Crippen molar-refractivity contribution in [2.45, 2.75) is 6.92 Å². The van der Waals surface area contributed by atoms with E-state index in [-0.39, 0.29) is 5.75 Å². The van der Waals surface area contributed by atoms with Gasteiger partial charge in [0.2, 0.25) is 15.9 Å². The summed E-state index contributed by atoms with van der Waals surface area (Å²) in [6, 6.07) is 9.69. The number of anilines is 2. The molecule has 1 N–H and O–H groups in total. The third-order valence-electron chi connectivity index (χ3n) is 4.48. The SMILES string of the molecule is CCS(=O)(=O)N(CC(=O)Nc1ccc(OC)cc1OC)c1ccc2c(c1)OCCO2. The second-order valence-corrected chi connectivity index (χ2v) is 8.53. The zero-order chi connectivity index (χ0) is 21.7. The molecule has 1 aliphatic heterocycles. The third-order valence-corrected chi connectivity index (χ3v) is 6.23. The second kappa shape index (κ2) is 9.12. The molecule has 1 amide bonds. The van der Waals surface area contributed by atoms with Crippen LogP contribution in [0, 0.1) is 0 Å². The molecule has 30 heavy (non-hydrogen) atoms. The van der Waals surface area contributed by atoms with Crippen molar-refractivity contribution >= 4 is 27.3 Å². The van der Waals surface area contributed by atoms with Gasteiger partial charge in [-0.15, -0.1) is 0 Å². The van der Waals surface area contributed by atoms with E-state index in [1.54, 1.807) is 36.4 Å². The Morgan fingerprint density at radius 1 is 1.07 bits per heavy atom. The highest BCUT2D eigenvalue weighted by Crippen LogP contribution is 2.35. The average molecular weight is 436 g/mol. The number of rotatable bonds is 8. The van der Waals surface area contributed by atoms with E-state index in [0.29, 0.717) is 47.6 Å². The van der Waals surface area contributed by atoms with Gasteiger partial charge in [0.15, 0.2) is 11.5 Å². The van der Waals surface area contributed by atoms with Gasteiger partial charge in [-0.25, -0.2) is 8.42 Å². The smallest absolute Gasteiger partial charge is 0.245 e. The molecule has 0 saturated carbocycles. The Hall–Kier alpha value is -3.14. The van der Waals surface area contributed by atoms with Gasteiger partial charge in [-0.3, -0.25) is 9.10 Å². The van der Waals surface area contributed by atoms with Crippen molar-refractivity contribution in [3.05, 3.63) is 36.4 Å². The summed E-state index contributed by atoms with van der Waals surface area (Å²) in [4.78, 5) is 12.7. The topological polar surface area (TPSA) is 103 Å². The van der Waals surface area contributed by atoms with E-state index in [1.165, 1.54) is 21.1 Å². The zero-order valence-electron chi connectivity index (χ0n) is 17.0. The summed E-state index contributed by atoms with van der Waals surface area (Å²) >= 11 is 0. The van der Waals surface area contributed by atoms with Crippen molar-refractivity contribution in [3.8, 4) is 23.0 Å². The van der Waals surface area contributed by atoms with Gasteiger partial charge < -0.3 is 24.3 Å². The van der Waals surface area contributed by atoms with E-state index in [9.17, 15) is 13.2 Å². The molecule has 0 bridgehead atoms. The van der Waals surface area contributed by atoms with Gasteiger partial charge in [-0.1, -0.05) is 0 Å². The minimum atomic E-state index is -3.73. The zero-order valence-corrected chi connectivity index (χ0v) is 17.8. The molecule has 2 aromatic carbocycles. The Labute approximate surface area is 175 Å². The Balaban J connectivity index is 1.85. The van der Waals surface area contributed by atoms with Crippen LogP contribution in [0.1, 0.15) is 6.92 Å². The number of amides is 1. The molecule has 0 fully saturated rings. The summed E-state index contributed by atoms with van der Waals surface area (Å²) in [6.45, 7) is 1.90. The van der Waals surface area contributed by atoms with Gasteiger partial charge in [-0.2, -0.15) is 0 Å². The van der Waals surface area contributed by atoms with Crippen molar-refractivity contribution in [3.63, 3.8) is 0 Å². The molecule has 162 valence electrons. The summed E-state index contributed by atoms with van der Waals surface area (Å²) in [5.41, 5.74) is 0.720. The quantitative estimate of drug-likeness (QED) is 0.677. The first-order valence-corrected chi connectivity index (χ1v) is 10.9. The maximum atomic E-state index is 12.7. The molecule has 2 aromatic rings.